The summed E-state index contributed by atoms with van der Waals surface area (Å²) in [6.07, 6.45) is -2.52. The lowest BCUT2D eigenvalue weighted by Gasteiger charge is -1.93. The van der Waals surface area contributed by atoms with E-state index < -0.39 is 12.1 Å². The Morgan fingerprint density at radius 3 is 2.42 bits per heavy atom. The lowest BCUT2D eigenvalue weighted by molar-refractivity contribution is -0.192. The molecule has 1 aromatic heterocycles. The number of aliphatic carboxylic acids is 1. The summed E-state index contributed by atoms with van der Waals surface area (Å²) in [5.74, 6) is -2.76. The Bertz CT molecular complexity index is 607. The minimum atomic E-state index is -5.08. The summed E-state index contributed by atoms with van der Waals surface area (Å²) >= 11 is 3.36. The third kappa shape index (κ3) is 4.09. The molecule has 4 nitrogen and oxygen atoms in total. The molecule has 0 spiro atoms. The Labute approximate surface area is 113 Å². The van der Waals surface area contributed by atoms with E-state index in [9.17, 15) is 18.0 Å². The van der Waals surface area contributed by atoms with Gasteiger partial charge in [0.1, 0.15) is 0 Å². The zero-order valence-electron chi connectivity index (χ0n) is 9.16. The number of fused-ring (bicyclic) bond motifs is 1. The first-order valence-electron chi connectivity index (χ1n) is 4.77. The average molecular weight is 338 g/mol. The van der Waals surface area contributed by atoms with Gasteiger partial charge in [-0.3, -0.25) is 4.79 Å². The van der Waals surface area contributed by atoms with E-state index in [4.69, 9.17) is 9.90 Å². The second kappa shape index (κ2) is 5.87. The smallest absolute Gasteiger partial charge is 0.475 e. The average Bonchev–Trinajstić information content (AvgIpc) is 2.70. The van der Waals surface area contributed by atoms with E-state index in [-0.39, 0.29) is 0 Å². The van der Waals surface area contributed by atoms with Crippen molar-refractivity contribution in [2.24, 2.45) is 0 Å². The van der Waals surface area contributed by atoms with E-state index in [2.05, 4.69) is 20.9 Å². The molecule has 0 unspecified atom stereocenters. The fraction of sp³-hybridized carbons (Fsp3) is 0.0909. The standard InChI is InChI=1S/C9H6BrNO.C2HF3O2/c10-7-1-2-8-6(5-12)4-11-9(8)3-7;3-2(4,5)1(6)7/h1-5,11H;(H,6,7). The van der Waals surface area contributed by atoms with Gasteiger partial charge in [-0.15, -0.1) is 0 Å². The second-order valence-corrected chi connectivity index (χ2v) is 4.27. The van der Waals surface area contributed by atoms with Crippen molar-refractivity contribution in [2.75, 3.05) is 0 Å². The minimum absolute atomic E-state index is 0.706. The van der Waals surface area contributed by atoms with E-state index >= 15 is 0 Å². The van der Waals surface area contributed by atoms with Crippen LogP contribution in [0.25, 0.3) is 10.9 Å². The Kier molecular flexibility index (Phi) is 4.71. The van der Waals surface area contributed by atoms with Gasteiger partial charge in [-0.05, 0) is 12.1 Å². The van der Waals surface area contributed by atoms with Crippen molar-refractivity contribution in [3.8, 4) is 0 Å². The van der Waals surface area contributed by atoms with Crippen molar-refractivity contribution in [2.45, 2.75) is 6.18 Å². The molecule has 0 saturated carbocycles. The molecule has 0 radical (unpaired) electrons. The van der Waals surface area contributed by atoms with E-state index in [0.29, 0.717) is 5.56 Å². The number of carboxylic acids is 1. The third-order valence-corrected chi connectivity index (χ3v) is 2.54. The fourth-order valence-electron chi connectivity index (χ4n) is 1.22. The van der Waals surface area contributed by atoms with Crippen LogP contribution in [0.15, 0.2) is 28.9 Å². The number of rotatable bonds is 1. The van der Waals surface area contributed by atoms with Crippen LogP contribution >= 0.6 is 15.9 Å². The van der Waals surface area contributed by atoms with Gasteiger partial charge in [-0.1, -0.05) is 22.0 Å². The Morgan fingerprint density at radius 2 is 1.95 bits per heavy atom. The number of hydrogen-bond donors (Lipinski definition) is 2. The van der Waals surface area contributed by atoms with Crippen LogP contribution in [-0.2, 0) is 4.79 Å². The SMILES string of the molecule is O=C(O)C(F)(F)F.O=Cc1c[nH]c2cc(Br)ccc12. The molecule has 0 bridgehead atoms. The molecule has 0 aliphatic rings. The van der Waals surface area contributed by atoms with Crippen molar-refractivity contribution in [1.29, 1.82) is 0 Å². The van der Waals surface area contributed by atoms with Crippen LogP contribution in [0.5, 0.6) is 0 Å². The molecule has 2 aromatic rings. The number of aromatic nitrogens is 1. The van der Waals surface area contributed by atoms with E-state index in [1.54, 1.807) is 6.20 Å². The largest absolute Gasteiger partial charge is 0.490 e. The fourth-order valence-corrected chi connectivity index (χ4v) is 1.58. The first kappa shape index (κ1) is 15.2. The molecular weight excluding hydrogens is 331 g/mol. The number of carbonyl (C=O) groups is 2. The third-order valence-electron chi connectivity index (χ3n) is 2.05. The highest BCUT2D eigenvalue weighted by Crippen LogP contribution is 2.20. The maximum atomic E-state index is 10.6. The first-order valence-corrected chi connectivity index (χ1v) is 5.57. The predicted octanol–water partition coefficient (Wildman–Crippen LogP) is 3.38. The molecule has 1 heterocycles. The lowest BCUT2D eigenvalue weighted by Crippen LogP contribution is -2.21. The van der Waals surface area contributed by atoms with Crippen LogP contribution in [0.4, 0.5) is 13.2 Å². The van der Waals surface area contributed by atoms with Gasteiger partial charge in [0.05, 0.1) is 0 Å². The topological polar surface area (TPSA) is 70.2 Å². The van der Waals surface area contributed by atoms with Crippen LogP contribution in [-0.4, -0.2) is 28.5 Å². The zero-order chi connectivity index (χ0) is 14.6. The summed E-state index contributed by atoms with van der Waals surface area (Å²) in [7, 11) is 0. The number of aldehydes is 1. The van der Waals surface area contributed by atoms with Crippen LogP contribution in [0, 0.1) is 0 Å². The Hall–Kier alpha value is -1.83. The van der Waals surface area contributed by atoms with E-state index in [1.165, 1.54) is 0 Å². The number of aromatic amines is 1. The van der Waals surface area contributed by atoms with Crippen LogP contribution < -0.4 is 0 Å². The number of carboxylic acid groups (broad SMARTS) is 1. The summed E-state index contributed by atoms with van der Waals surface area (Å²) in [5, 5.41) is 8.09. The maximum absolute atomic E-state index is 10.6. The molecule has 19 heavy (non-hydrogen) atoms. The lowest BCUT2D eigenvalue weighted by atomic mass is 10.2. The number of nitrogens with one attached hydrogen (secondary N) is 1. The number of hydrogen-bond acceptors (Lipinski definition) is 2. The first-order chi connectivity index (χ1) is 8.75. The molecule has 0 atom stereocenters. The summed E-state index contributed by atoms with van der Waals surface area (Å²) in [6.45, 7) is 0. The summed E-state index contributed by atoms with van der Waals surface area (Å²) in [5.41, 5.74) is 1.68. The predicted molar refractivity (Wildman–Crippen MR) is 65.1 cm³/mol. The van der Waals surface area contributed by atoms with Gasteiger partial charge in [0.2, 0.25) is 0 Å². The molecule has 8 heteroatoms. The van der Waals surface area contributed by atoms with Gasteiger partial charge in [0, 0.05) is 27.1 Å². The quantitative estimate of drug-likeness (QED) is 0.783. The summed E-state index contributed by atoms with van der Waals surface area (Å²) in [6, 6.07) is 5.78. The van der Waals surface area contributed by atoms with Gasteiger partial charge in [0.25, 0.3) is 0 Å². The van der Waals surface area contributed by atoms with Crippen LogP contribution in [0.1, 0.15) is 10.4 Å². The molecule has 0 aliphatic carbocycles. The Morgan fingerprint density at radius 1 is 1.37 bits per heavy atom. The molecule has 102 valence electrons. The minimum Gasteiger partial charge on any atom is -0.475 e. The molecule has 0 saturated heterocycles. The molecule has 0 aliphatic heterocycles. The number of benzene rings is 1. The maximum Gasteiger partial charge on any atom is 0.490 e. The molecule has 2 N–H and O–H groups in total. The van der Waals surface area contributed by atoms with Gasteiger partial charge < -0.3 is 10.1 Å². The Balaban J connectivity index is 0.000000224. The molecule has 0 amide bonds. The number of H-pyrrole nitrogens is 1. The number of halogens is 4. The highest BCUT2D eigenvalue weighted by Gasteiger charge is 2.38. The van der Waals surface area contributed by atoms with Crippen molar-refractivity contribution >= 4 is 39.1 Å². The highest BCUT2D eigenvalue weighted by molar-refractivity contribution is 9.10. The zero-order valence-corrected chi connectivity index (χ0v) is 10.7. The molecule has 0 fully saturated rings. The monoisotopic (exact) mass is 337 g/mol. The van der Waals surface area contributed by atoms with Crippen molar-refractivity contribution < 1.29 is 27.9 Å². The molecule has 1 aromatic carbocycles. The van der Waals surface area contributed by atoms with Crippen molar-refractivity contribution in [1.82, 2.24) is 4.98 Å². The number of carbonyl (C=O) groups excluding carboxylic acids is 1. The van der Waals surface area contributed by atoms with Crippen LogP contribution in [0.2, 0.25) is 0 Å². The van der Waals surface area contributed by atoms with Gasteiger partial charge in [0.15, 0.2) is 6.29 Å². The van der Waals surface area contributed by atoms with Crippen molar-refractivity contribution in [3.05, 3.63) is 34.4 Å². The second-order valence-electron chi connectivity index (χ2n) is 3.35. The summed E-state index contributed by atoms with van der Waals surface area (Å²) < 4.78 is 32.7. The molecular formula is C11H7BrF3NO3. The summed E-state index contributed by atoms with van der Waals surface area (Å²) in [4.78, 5) is 22.4. The van der Waals surface area contributed by atoms with E-state index in [1.807, 2.05) is 18.2 Å². The normalized spacial score (nSPS) is 10.7. The van der Waals surface area contributed by atoms with Crippen LogP contribution in [0.3, 0.4) is 0 Å². The van der Waals surface area contributed by atoms with Gasteiger partial charge in [-0.2, -0.15) is 13.2 Å². The molecule has 2 rings (SSSR count). The number of alkyl halides is 3. The highest BCUT2D eigenvalue weighted by atomic mass is 79.9. The van der Waals surface area contributed by atoms with E-state index in [0.717, 1.165) is 21.7 Å². The van der Waals surface area contributed by atoms with Gasteiger partial charge >= 0.3 is 12.1 Å². The van der Waals surface area contributed by atoms with Gasteiger partial charge in [-0.25, -0.2) is 4.79 Å². The van der Waals surface area contributed by atoms with Crippen molar-refractivity contribution in [3.63, 3.8) is 0 Å².